The van der Waals surface area contributed by atoms with Gasteiger partial charge >= 0.3 is 5.97 Å². The lowest BCUT2D eigenvalue weighted by Gasteiger charge is -2.45. The molecule has 0 amide bonds. The second kappa shape index (κ2) is 7.69. The first-order valence-electron chi connectivity index (χ1n) is 9.65. The summed E-state index contributed by atoms with van der Waals surface area (Å²) in [6.07, 6.45) is 8.13. The Morgan fingerprint density at radius 1 is 1.19 bits per heavy atom. The van der Waals surface area contributed by atoms with Crippen LogP contribution in [-0.4, -0.2) is 19.7 Å². The lowest BCUT2D eigenvalue weighted by atomic mass is 9.61. The first-order chi connectivity index (χ1) is 12.4. The molecule has 2 atom stereocenters. The van der Waals surface area contributed by atoms with Gasteiger partial charge in [-0.3, -0.25) is 0 Å². The van der Waals surface area contributed by atoms with Crippen molar-refractivity contribution < 1.29 is 14.3 Å². The first kappa shape index (κ1) is 18.8. The molecule has 2 aliphatic carbocycles. The van der Waals surface area contributed by atoms with E-state index in [0.29, 0.717) is 18.1 Å². The fourth-order valence-electron chi connectivity index (χ4n) is 4.40. The predicted molar refractivity (Wildman–Crippen MR) is 104 cm³/mol. The lowest BCUT2D eigenvalue weighted by molar-refractivity contribution is 0.0248. The molecule has 0 N–H and O–H groups in total. The average molecular weight is 354 g/mol. The number of rotatable bonds is 4. The third kappa shape index (κ3) is 3.72. The molecule has 3 nitrogen and oxygen atoms in total. The molecule has 0 spiro atoms. The van der Waals surface area contributed by atoms with E-state index in [1.165, 1.54) is 29.6 Å². The molecular formula is C23H30O3. The van der Waals surface area contributed by atoms with Crippen LogP contribution < -0.4 is 4.74 Å². The van der Waals surface area contributed by atoms with E-state index in [0.717, 1.165) is 25.0 Å². The maximum Gasteiger partial charge on any atom is 0.338 e. The van der Waals surface area contributed by atoms with Gasteiger partial charge in [0.1, 0.15) is 12.4 Å². The van der Waals surface area contributed by atoms with Crippen LogP contribution in [0.25, 0.3) is 0 Å². The monoisotopic (exact) mass is 354 g/mol. The lowest BCUT2D eigenvalue weighted by Crippen LogP contribution is -2.38. The Kier molecular flexibility index (Phi) is 5.55. The largest absolute Gasteiger partial charge is 0.497 e. The van der Waals surface area contributed by atoms with Gasteiger partial charge in [0, 0.05) is 5.41 Å². The number of allylic oxidation sites excluding steroid dienone is 3. The van der Waals surface area contributed by atoms with Crippen molar-refractivity contribution in [3.05, 3.63) is 52.6 Å². The molecule has 140 valence electrons. The Morgan fingerprint density at radius 2 is 1.92 bits per heavy atom. The van der Waals surface area contributed by atoms with Crippen LogP contribution in [-0.2, 0) is 4.74 Å². The molecule has 0 aromatic heterocycles. The number of esters is 1. The highest BCUT2D eigenvalue weighted by atomic mass is 16.5. The van der Waals surface area contributed by atoms with Gasteiger partial charge < -0.3 is 9.47 Å². The van der Waals surface area contributed by atoms with Gasteiger partial charge in [-0.15, -0.1) is 0 Å². The molecular weight excluding hydrogens is 324 g/mol. The highest BCUT2D eigenvalue weighted by molar-refractivity contribution is 5.89. The molecule has 1 aromatic rings. The molecule has 0 aliphatic heterocycles. The smallest absolute Gasteiger partial charge is 0.338 e. The fraction of sp³-hybridized carbons (Fsp3) is 0.522. The Morgan fingerprint density at radius 3 is 2.58 bits per heavy atom. The third-order valence-corrected chi connectivity index (χ3v) is 6.09. The normalized spacial score (nSPS) is 25.2. The van der Waals surface area contributed by atoms with Crippen LogP contribution in [0.5, 0.6) is 5.75 Å². The van der Waals surface area contributed by atoms with Gasteiger partial charge in [-0.2, -0.15) is 0 Å². The van der Waals surface area contributed by atoms with Gasteiger partial charge in [0.2, 0.25) is 0 Å². The SMILES string of the molecule is COc1ccc(C(=O)OC[C@]23CCC[C@@H](C)C2=CC(=C(C)C)CC3)cc1. The van der Waals surface area contributed by atoms with E-state index in [1.807, 2.05) is 0 Å². The van der Waals surface area contributed by atoms with Gasteiger partial charge in [-0.1, -0.05) is 30.6 Å². The second-order valence-corrected chi connectivity index (χ2v) is 8.00. The summed E-state index contributed by atoms with van der Waals surface area (Å²) >= 11 is 0. The standard InChI is InChI=1S/C23H30O3/c1-16(2)19-11-13-23(12-5-6-17(3)21(23)14-19)15-26-22(24)18-7-9-20(25-4)10-8-18/h7-10,14,17H,5-6,11-13,15H2,1-4H3/t17-,23-/m1/s1. The summed E-state index contributed by atoms with van der Waals surface area (Å²) in [5.41, 5.74) is 4.97. The number of hydrogen-bond acceptors (Lipinski definition) is 3. The van der Waals surface area contributed by atoms with Crippen molar-refractivity contribution in [2.45, 2.75) is 52.9 Å². The van der Waals surface area contributed by atoms with E-state index in [2.05, 4.69) is 26.8 Å². The molecule has 1 aromatic carbocycles. The van der Waals surface area contributed by atoms with E-state index in [9.17, 15) is 4.79 Å². The second-order valence-electron chi connectivity index (χ2n) is 8.00. The summed E-state index contributed by atoms with van der Waals surface area (Å²) in [6, 6.07) is 7.12. The third-order valence-electron chi connectivity index (χ3n) is 6.09. The quantitative estimate of drug-likeness (QED) is 0.649. The molecule has 0 saturated heterocycles. The van der Waals surface area contributed by atoms with Crippen molar-refractivity contribution in [3.63, 3.8) is 0 Å². The summed E-state index contributed by atoms with van der Waals surface area (Å²) < 4.78 is 11.0. The van der Waals surface area contributed by atoms with Crippen molar-refractivity contribution in [2.75, 3.05) is 13.7 Å². The number of hydrogen-bond donors (Lipinski definition) is 0. The van der Waals surface area contributed by atoms with Crippen LogP contribution in [0.1, 0.15) is 63.2 Å². The van der Waals surface area contributed by atoms with E-state index in [-0.39, 0.29) is 11.4 Å². The number of fused-ring (bicyclic) bond motifs is 1. The maximum absolute atomic E-state index is 12.5. The van der Waals surface area contributed by atoms with Crippen LogP contribution >= 0.6 is 0 Å². The molecule has 0 unspecified atom stereocenters. The molecule has 3 heteroatoms. The zero-order valence-corrected chi connectivity index (χ0v) is 16.4. The fourth-order valence-corrected chi connectivity index (χ4v) is 4.40. The zero-order chi connectivity index (χ0) is 18.7. The summed E-state index contributed by atoms with van der Waals surface area (Å²) in [7, 11) is 1.62. The molecule has 26 heavy (non-hydrogen) atoms. The topological polar surface area (TPSA) is 35.5 Å². The molecule has 1 fully saturated rings. The highest BCUT2D eigenvalue weighted by Gasteiger charge is 2.42. The van der Waals surface area contributed by atoms with Crippen LogP contribution in [0.4, 0.5) is 0 Å². The van der Waals surface area contributed by atoms with Crippen LogP contribution in [0.15, 0.2) is 47.1 Å². The van der Waals surface area contributed by atoms with E-state index >= 15 is 0 Å². The first-order valence-corrected chi connectivity index (χ1v) is 9.65. The van der Waals surface area contributed by atoms with Gasteiger partial charge in [-0.25, -0.2) is 4.79 Å². The van der Waals surface area contributed by atoms with Crippen molar-refractivity contribution in [2.24, 2.45) is 11.3 Å². The Labute approximate surface area is 157 Å². The van der Waals surface area contributed by atoms with Crippen molar-refractivity contribution in [1.82, 2.24) is 0 Å². The number of ether oxygens (including phenoxy) is 2. The van der Waals surface area contributed by atoms with Crippen LogP contribution in [0.3, 0.4) is 0 Å². The summed E-state index contributed by atoms with van der Waals surface area (Å²) in [6.45, 7) is 7.19. The molecule has 1 saturated carbocycles. The van der Waals surface area contributed by atoms with Crippen molar-refractivity contribution >= 4 is 5.97 Å². The molecule has 3 rings (SSSR count). The minimum Gasteiger partial charge on any atom is -0.497 e. The van der Waals surface area contributed by atoms with Gasteiger partial charge in [0.25, 0.3) is 0 Å². The molecule has 0 bridgehead atoms. The summed E-state index contributed by atoms with van der Waals surface area (Å²) in [5.74, 6) is 1.07. The molecule has 2 aliphatic rings. The number of carbonyl (C=O) groups is 1. The Hall–Kier alpha value is -2.03. The Bertz CT molecular complexity index is 722. The van der Waals surface area contributed by atoms with Crippen molar-refractivity contribution in [1.29, 1.82) is 0 Å². The highest BCUT2D eigenvalue weighted by Crippen LogP contribution is 2.51. The predicted octanol–water partition coefficient (Wildman–Crippen LogP) is 5.72. The van der Waals surface area contributed by atoms with E-state index < -0.39 is 0 Å². The van der Waals surface area contributed by atoms with E-state index in [4.69, 9.17) is 9.47 Å². The Balaban J connectivity index is 1.77. The zero-order valence-electron chi connectivity index (χ0n) is 16.4. The minimum absolute atomic E-state index is 0.0265. The number of methoxy groups -OCH3 is 1. The van der Waals surface area contributed by atoms with Crippen LogP contribution in [0.2, 0.25) is 0 Å². The number of carbonyl (C=O) groups excluding carboxylic acids is 1. The van der Waals surface area contributed by atoms with Gasteiger partial charge in [-0.05, 0) is 75.3 Å². The van der Waals surface area contributed by atoms with E-state index in [1.54, 1.807) is 31.4 Å². The summed E-state index contributed by atoms with van der Waals surface area (Å²) in [4.78, 5) is 12.5. The number of benzene rings is 1. The average Bonchev–Trinajstić information content (AvgIpc) is 2.66. The van der Waals surface area contributed by atoms with Gasteiger partial charge in [0.05, 0.1) is 12.7 Å². The molecule has 0 radical (unpaired) electrons. The van der Waals surface area contributed by atoms with Crippen molar-refractivity contribution in [3.8, 4) is 5.75 Å². The maximum atomic E-state index is 12.5. The minimum atomic E-state index is -0.243. The van der Waals surface area contributed by atoms with Crippen LogP contribution in [0, 0.1) is 11.3 Å². The summed E-state index contributed by atoms with van der Waals surface area (Å²) in [5, 5.41) is 0. The molecule has 0 heterocycles. The van der Waals surface area contributed by atoms with Gasteiger partial charge in [0.15, 0.2) is 0 Å².